The summed E-state index contributed by atoms with van der Waals surface area (Å²) in [6.07, 6.45) is 1.03. The Kier molecular flexibility index (Phi) is 4.27. The lowest BCUT2D eigenvalue weighted by molar-refractivity contribution is 0.152. The Hall–Kier alpha value is -0.510. The smallest absolute Gasteiger partial charge is 0.129 e. The molecule has 16 heavy (non-hydrogen) atoms. The molecule has 0 aliphatic carbocycles. The third kappa shape index (κ3) is 2.78. The van der Waals surface area contributed by atoms with Gasteiger partial charge in [0.15, 0.2) is 0 Å². The number of anilines is 1. The average Bonchev–Trinajstić information content (AvgIpc) is 2.58. The van der Waals surface area contributed by atoms with Crippen LogP contribution in [0.5, 0.6) is 0 Å². The molecule has 0 unspecified atom stereocenters. The van der Waals surface area contributed by atoms with Gasteiger partial charge in [-0.25, -0.2) is 4.98 Å². The van der Waals surface area contributed by atoms with Gasteiger partial charge >= 0.3 is 0 Å². The average molecular weight is 261 g/mol. The predicted molar refractivity (Wildman–Crippen MR) is 66.5 cm³/mol. The minimum Gasteiger partial charge on any atom is -0.380 e. The molecule has 1 aromatic rings. The van der Waals surface area contributed by atoms with E-state index in [0.717, 1.165) is 44.2 Å². The zero-order valence-corrected chi connectivity index (χ0v) is 10.5. The molecule has 1 aliphatic rings. The zero-order chi connectivity index (χ0) is 11.4. The number of nitrogens with zero attached hydrogens (tertiary/aromatic N) is 2. The van der Waals surface area contributed by atoms with Crippen LogP contribution in [0.2, 0.25) is 5.02 Å². The Morgan fingerprint density at radius 1 is 1.31 bits per heavy atom. The Labute approximate surface area is 105 Å². The van der Waals surface area contributed by atoms with Crippen molar-refractivity contribution in [2.75, 3.05) is 31.2 Å². The van der Waals surface area contributed by atoms with Crippen LogP contribution in [0.1, 0.15) is 12.1 Å². The van der Waals surface area contributed by atoms with Crippen molar-refractivity contribution in [1.29, 1.82) is 0 Å². The highest BCUT2D eigenvalue weighted by Gasteiger charge is 2.12. The lowest BCUT2D eigenvalue weighted by Crippen LogP contribution is -2.26. The molecule has 2 heterocycles. The van der Waals surface area contributed by atoms with Crippen molar-refractivity contribution in [1.82, 2.24) is 4.98 Å². The van der Waals surface area contributed by atoms with Gasteiger partial charge in [-0.1, -0.05) is 11.6 Å². The van der Waals surface area contributed by atoms with E-state index in [4.69, 9.17) is 27.9 Å². The van der Waals surface area contributed by atoms with Crippen LogP contribution < -0.4 is 4.90 Å². The van der Waals surface area contributed by atoms with Crippen molar-refractivity contribution in [3.05, 3.63) is 22.8 Å². The van der Waals surface area contributed by atoms with Crippen LogP contribution in [0.25, 0.3) is 0 Å². The summed E-state index contributed by atoms with van der Waals surface area (Å²) in [6.45, 7) is 3.42. The summed E-state index contributed by atoms with van der Waals surface area (Å²) in [6, 6.07) is 3.79. The molecule has 0 N–H and O–H groups in total. The zero-order valence-electron chi connectivity index (χ0n) is 8.96. The van der Waals surface area contributed by atoms with E-state index < -0.39 is 0 Å². The van der Waals surface area contributed by atoms with Crippen molar-refractivity contribution in [3.8, 4) is 0 Å². The SMILES string of the molecule is ClCc1nc(N2CCCOCC2)ccc1Cl. The molecular formula is C11H14Cl2N2O. The maximum atomic E-state index is 5.98. The number of alkyl halides is 1. The van der Waals surface area contributed by atoms with E-state index in [1.54, 1.807) is 0 Å². The molecule has 0 aromatic carbocycles. The van der Waals surface area contributed by atoms with Gasteiger partial charge in [0.1, 0.15) is 5.82 Å². The Morgan fingerprint density at radius 2 is 2.19 bits per heavy atom. The van der Waals surface area contributed by atoms with Crippen LogP contribution in [-0.4, -0.2) is 31.3 Å². The van der Waals surface area contributed by atoms with E-state index in [1.165, 1.54) is 0 Å². The van der Waals surface area contributed by atoms with E-state index in [-0.39, 0.29) is 0 Å². The summed E-state index contributed by atoms with van der Waals surface area (Å²) in [4.78, 5) is 6.67. The maximum Gasteiger partial charge on any atom is 0.129 e. The van der Waals surface area contributed by atoms with Gasteiger partial charge in [-0.3, -0.25) is 0 Å². The summed E-state index contributed by atoms with van der Waals surface area (Å²) >= 11 is 11.8. The quantitative estimate of drug-likeness (QED) is 0.765. The standard InChI is InChI=1S/C11H14Cl2N2O/c12-8-10-9(13)2-3-11(14-10)15-4-1-6-16-7-5-15/h2-3H,1,4-8H2. The predicted octanol–water partition coefficient (Wildman–Crippen LogP) is 2.70. The number of aromatic nitrogens is 1. The van der Waals surface area contributed by atoms with Gasteiger partial charge in [-0.05, 0) is 18.6 Å². The first-order valence-electron chi connectivity index (χ1n) is 5.35. The molecular weight excluding hydrogens is 247 g/mol. The van der Waals surface area contributed by atoms with Crippen LogP contribution in [0.3, 0.4) is 0 Å². The first-order valence-corrected chi connectivity index (χ1v) is 6.26. The first-order chi connectivity index (χ1) is 7.81. The second kappa shape index (κ2) is 5.71. The number of pyridine rings is 1. The number of ether oxygens (including phenoxy) is 1. The van der Waals surface area contributed by atoms with Gasteiger partial charge in [0.05, 0.1) is 23.2 Å². The van der Waals surface area contributed by atoms with Gasteiger partial charge < -0.3 is 9.64 Å². The van der Waals surface area contributed by atoms with Crippen molar-refractivity contribution in [2.45, 2.75) is 12.3 Å². The van der Waals surface area contributed by atoms with Gasteiger partial charge in [0, 0.05) is 19.7 Å². The molecule has 0 radical (unpaired) electrons. The highest BCUT2D eigenvalue weighted by molar-refractivity contribution is 6.32. The number of halogens is 2. The van der Waals surface area contributed by atoms with Crippen LogP contribution in [-0.2, 0) is 10.6 Å². The maximum absolute atomic E-state index is 5.98. The summed E-state index contributed by atoms with van der Waals surface area (Å²) in [5.41, 5.74) is 0.742. The fourth-order valence-electron chi connectivity index (χ4n) is 1.72. The van der Waals surface area contributed by atoms with Crippen molar-refractivity contribution in [3.63, 3.8) is 0 Å². The van der Waals surface area contributed by atoms with Crippen molar-refractivity contribution < 1.29 is 4.74 Å². The van der Waals surface area contributed by atoms with E-state index in [1.807, 2.05) is 12.1 Å². The molecule has 0 saturated carbocycles. The van der Waals surface area contributed by atoms with Gasteiger partial charge in [0.25, 0.3) is 0 Å². The highest BCUT2D eigenvalue weighted by Crippen LogP contribution is 2.21. The first kappa shape index (κ1) is 12.0. The summed E-state index contributed by atoms with van der Waals surface area (Å²) in [5.74, 6) is 1.28. The van der Waals surface area contributed by atoms with Crippen LogP contribution >= 0.6 is 23.2 Å². The second-order valence-corrected chi connectivity index (χ2v) is 4.36. The number of rotatable bonds is 2. The van der Waals surface area contributed by atoms with Gasteiger partial charge in [-0.15, -0.1) is 11.6 Å². The molecule has 3 nitrogen and oxygen atoms in total. The third-order valence-corrected chi connectivity index (χ3v) is 3.17. The minimum absolute atomic E-state index is 0.344. The summed E-state index contributed by atoms with van der Waals surface area (Å²) in [7, 11) is 0. The molecule has 1 aromatic heterocycles. The van der Waals surface area contributed by atoms with E-state index in [9.17, 15) is 0 Å². The van der Waals surface area contributed by atoms with Gasteiger partial charge in [-0.2, -0.15) is 0 Å². The highest BCUT2D eigenvalue weighted by atomic mass is 35.5. The van der Waals surface area contributed by atoms with Crippen LogP contribution in [0.15, 0.2) is 12.1 Å². The fraction of sp³-hybridized carbons (Fsp3) is 0.545. The van der Waals surface area contributed by atoms with Crippen molar-refractivity contribution in [2.24, 2.45) is 0 Å². The fourth-order valence-corrected chi connectivity index (χ4v) is 2.16. The molecule has 0 bridgehead atoms. The molecule has 1 fully saturated rings. The van der Waals surface area contributed by atoms with Crippen molar-refractivity contribution >= 4 is 29.0 Å². The normalized spacial score (nSPS) is 17.2. The molecule has 0 spiro atoms. The second-order valence-electron chi connectivity index (χ2n) is 3.68. The van der Waals surface area contributed by atoms with Crippen LogP contribution in [0, 0.1) is 0 Å². The topological polar surface area (TPSA) is 25.4 Å². The Bertz CT molecular complexity index is 352. The number of hydrogen-bond acceptors (Lipinski definition) is 3. The molecule has 88 valence electrons. The Morgan fingerprint density at radius 3 is 3.00 bits per heavy atom. The van der Waals surface area contributed by atoms with E-state index >= 15 is 0 Å². The lowest BCUT2D eigenvalue weighted by Gasteiger charge is -2.21. The molecule has 1 saturated heterocycles. The lowest BCUT2D eigenvalue weighted by atomic mass is 10.3. The van der Waals surface area contributed by atoms with E-state index in [0.29, 0.717) is 10.9 Å². The van der Waals surface area contributed by atoms with Crippen LogP contribution in [0.4, 0.5) is 5.82 Å². The molecule has 5 heteroatoms. The molecule has 0 amide bonds. The summed E-state index contributed by atoms with van der Waals surface area (Å²) in [5, 5.41) is 0.629. The largest absolute Gasteiger partial charge is 0.380 e. The van der Waals surface area contributed by atoms with Gasteiger partial charge in [0.2, 0.25) is 0 Å². The van der Waals surface area contributed by atoms with E-state index in [2.05, 4.69) is 9.88 Å². The monoisotopic (exact) mass is 260 g/mol. The minimum atomic E-state index is 0.344. The summed E-state index contributed by atoms with van der Waals surface area (Å²) < 4.78 is 5.40. The molecule has 0 atom stereocenters. The third-order valence-electron chi connectivity index (χ3n) is 2.58. The molecule has 2 rings (SSSR count). The Balaban J connectivity index is 2.18. The molecule has 1 aliphatic heterocycles. The number of hydrogen-bond donors (Lipinski definition) is 0.